The fraction of sp³-hybridized carbons (Fsp3) is 0.385. The van der Waals surface area contributed by atoms with Crippen LogP contribution in [0.4, 0.5) is 0 Å². The maximum atomic E-state index is 11.0. The SMILES string of the molecule is Cc1cccc([C@H]2CCCC=C2[N+](=O)[O-])c1. The molecule has 1 atom stereocenters. The van der Waals surface area contributed by atoms with Crippen molar-refractivity contribution in [1.82, 2.24) is 0 Å². The first-order valence-corrected chi connectivity index (χ1v) is 5.59. The van der Waals surface area contributed by atoms with Gasteiger partial charge in [-0.05, 0) is 37.8 Å². The Morgan fingerprint density at radius 3 is 2.94 bits per heavy atom. The summed E-state index contributed by atoms with van der Waals surface area (Å²) in [5, 5.41) is 11.0. The predicted molar refractivity (Wildman–Crippen MR) is 62.8 cm³/mol. The first kappa shape index (κ1) is 10.9. The van der Waals surface area contributed by atoms with E-state index in [1.54, 1.807) is 6.08 Å². The highest BCUT2D eigenvalue weighted by Gasteiger charge is 2.28. The molecule has 0 amide bonds. The van der Waals surface area contributed by atoms with Gasteiger partial charge in [0.1, 0.15) is 0 Å². The third-order valence-corrected chi connectivity index (χ3v) is 3.06. The van der Waals surface area contributed by atoms with Gasteiger partial charge in [-0.3, -0.25) is 10.1 Å². The summed E-state index contributed by atoms with van der Waals surface area (Å²) in [5.41, 5.74) is 2.60. The van der Waals surface area contributed by atoms with E-state index in [0.717, 1.165) is 30.4 Å². The molecule has 2 rings (SSSR count). The molecule has 0 spiro atoms. The van der Waals surface area contributed by atoms with Crippen LogP contribution in [0.15, 0.2) is 36.0 Å². The Morgan fingerprint density at radius 1 is 1.44 bits per heavy atom. The lowest BCUT2D eigenvalue weighted by Crippen LogP contribution is -2.13. The number of rotatable bonds is 2. The van der Waals surface area contributed by atoms with Crippen molar-refractivity contribution < 1.29 is 4.92 Å². The van der Waals surface area contributed by atoms with E-state index in [1.807, 2.05) is 31.2 Å². The van der Waals surface area contributed by atoms with Crippen LogP contribution in [-0.2, 0) is 0 Å². The van der Waals surface area contributed by atoms with Crippen molar-refractivity contribution in [1.29, 1.82) is 0 Å². The highest BCUT2D eigenvalue weighted by Crippen LogP contribution is 2.34. The molecule has 3 heteroatoms. The molecule has 0 aromatic heterocycles. The maximum Gasteiger partial charge on any atom is 0.249 e. The molecule has 0 heterocycles. The Balaban J connectivity index is 2.35. The standard InChI is InChI=1S/C13H15NO2/c1-10-5-4-6-11(9-10)12-7-2-3-8-13(12)14(15)16/h4-6,8-9,12H,2-3,7H2,1H3/t12-/m1/s1. The van der Waals surface area contributed by atoms with Gasteiger partial charge < -0.3 is 0 Å². The zero-order chi connectivity index (χ0) is 11.5. The van der Waals surface area contributed by atoms with Crippen LogP contribution in [0.25, 0.3) is 0 Å². The lowest BCUT2D eigenvalue weighted by atomic mass is 9.86. The van der Waals surface area contributed by atoms with E-state index in [-0.39, 0.29) is 10.8 Å². The van der Waals surface area contributed by atoms with Gasteiger partial charge in [0.15, 0.2) is 0 Å². The molecule has 1 aliphatic rings. The highest BCUT2D eigenvalue weighted by molar-refractivity contribution is 5.30. The van der Waals surface area contributed by atoms with E-state index < -0.39 is 0 Å². The van der Waals surface area contributed by atoms with Gasteiger partial charge in [-0.2, -0.15) is 0 Å². The van der Waals surface area contributed by atoms with Gasteiger partial charge >= 0.3 is 0 Å². The van der Waals surface area contributed by atoms with E-state index in [9.17, 15) is 10.1 Å². The molecule has 84 valence electrons. The number of aryl methyl sites for hydroxylation is 1. The monoisotopic (exact) mass is 217 g/mol. The molecule has 1 aromatic carbocycles. The zero-order valence-electron chi connectivity index (χ0n) is 9.35. The fourth-order valence-corrected chi connectivity index (χ4v) is 2.29. The summed E-state index contributed by atoms with van der Waals surface area (Å²) in [6.07, 6.45) is 4.53. The summed E-state index contributed by atoms with van der Waals surface area (Å²) < 4.78 is 0. The molecule has 1 aromatic rings. The molecule has 0 saturated carbocycles. The van der Waals surface area contributed by atoms with Crippen LogP contribution in [0, 0.1) is 17.0 Å². The van der Waals surface area contributed by atoms with Gasteiger partial charge in [0.05, 0.1) is 10.8 Å². The molecule has 0 aliphatic heterocycles. The molecule has 0 N–H and O–H groups in total. The number of allylic oxidation sites excluding steroid dienone is 2. The summed E-state index contributed by atoms with van der Waals surface area (Å²) >= 11 is 0. The summed E-state index contributed by atoms with van der Waals surface area (Å²) in [4.78, 5) is 10.7. The van der Waals surface area contributed by atoms with Crippen molar-refractivity contribution in [2.45, 2.75) is 32.1 Å². The van der Waals surface area contributed by atoms with Crippen LogP contribution in [0.1, 0.15) is 36.3 Å². The Kier molecular flexibility index (Phi) is 3.04. The van der Waals surface area contributed by atoms with Gasteiger partial charge in [0.2, 0.25) is 5.70 Å². The average molecular weight is 217 g/mol. The molecule has 0 bridgehead atoms. The van der Waals surface area contributed by atoms with E-state index in [4.69, 9.17) is 0 Å². The van der Waals surface area contributed by atoms with E-state index in [1.165, 1.54) is 0 Å². The normalized spacial score (nSPS) is 20.3. The fourth-order valence-electron chi connectivity index (χ4n) is 2.29. The van der Waals surface area contributed by atoms with Crippen LogP contribution in [-0.4, -0.2) is 4.92 Å². The van der Waals surface area contributed by atoms with Gasteiger partial charge in [-0.1, -0.05) is 29.8 Å². The highest BCUT2D eigenvalue weighted by atomic mass is 16.6. The van der Waals surface area contributed by atoms with Crippen molar-refractivity contribution in [3.05, 3.63) is 57.3 Å². The van der Waals surface area contributed by atoms with Crippen LogP contribution >= 0.6 is 0 Å². The Labute approximate surface area is 94.9 Å². The summed E-state index contributed by atoms with van der Waals surface area (Å²) in [6.45, 7) is 2.02. The van der Waals surface area contributed by atoms with E-state index in [2.05, 4.69) is 0 Å². The first-order chi connectivity index (χ1) is 7.68. The molecule has 0 unspecified atom stereocenters. The lowest BCUT2D eigenvalue weighted by molar-refractivity contribution is -0.431. The van der Waals surface area contributed by atoms with Crippen LogP contribution in [0.3, 0.4) is 0 Å². The van der Waals surface area contributed by atoms with Crippen molar-refractivity contribution >= 4 is 0 Å². The number of benzene rings is 1. The van der Waals surface area contributed by atoms with E-state index >= 15 is 0 Å². The maximum absolute atomic E-state index is 11.0. The summed E-state index contributed by atoms with van der Waals surface area (Å²) in [6, 6.07) is 8.02. The Hall–Kier alpha value is -1.64. The Bertz CT molecular complexity index is 437. The van der Waals surface area contributed by atoms with Gasteiger partial charge in [0.25, 0.3) is 0 Å². The summed E-state index contributed by atoms with van der Waals surface area (Å²) in [5.74, 6) is -0.0244. The second-order valence-corrected chi connectivity index (χ2v) is 4.28. The number of nitrogens with zero attached hydrogens (tertiary/aromatic N) is 1. The van der Waals surface area contributed by atoms with Gasteiger partial charge in [-0.25, -0.2) is 0 Å². The molecule has 0 saturated heterocycles. The van der Waals surface area contributed by atoms with E-state index in [0.29, 0.717) is 5.70 Å². The molecule has 0 fully saturated rings. The topological polar surface area (TPSA) is 43.1 Å². The Morgan fingerprint density at radius 2 is 2.25 bits per heavy atom. The smallest absolute Gasteiger partial charge is 0.249 e. The van der Waals surface area contributed by atoms with Crippen LogP contribution < -0.4 is 0 Å². The van der Waals surface area contributed by atoms with Crippen molar-refractivity contribution in [2.75, 3.05) is 0 Å². The second-order valence-electron chi connectivity index (χ2n) is 4.28. The third-order valence-electron chi connectivity index (χ3n) is 3.06. The predicted octanol–water partition coefficient (Wildman–Crippen LogP) is 3.42. The molecule has 0 radical (unpaired) electrons. The van der Waals surface area contributed by atoms with Crippen LogP contribution in [0.5, 0.6) is 0 Å². The molecular formula is C13H15NO2. The minimum absolute atomic E-state index is 0.0244. The van der Waals surface area contributed by atoms with Crippen molar-refractivity contribution in [3.8, 4) is 0 Å². The van der Waals surface area contributed by atoms with Gasteiger partial charge in [0, 0.05) is 0 Å². The first-order valence-electron chi connectivity index (χ1n) is 5.59. The average Bonchev–Trinajstić information content (AvgIpc) is 2.29. The number of hydrogen-bond acceptors (Lipinski definition) is 2. The second kappa shape index (κ2) is 4.47. The lowest BCUT2D eigenvalue weighted by Gasteiger charge is -2.18. The zero-order valence-corrected chi connectivity index (χ0v) is 9.35. The molecule has 1 aliphatic carbocycles. The quantitative estimate of drug-likeness (QED) is 0.562. The molecular weight excluding hydrogens is 202 g/mol. The number of hydrogen-bond donors (Lipinski definition) is 0. The van der Waals surface area contributed by atoms with Gasteiger partial charge in [-0.15, -0.1) is 0 Å². The third kappa shape index (κ3) is 2.13. The van der Waals surface area contributed by atoms with Crippen molar-refractivity contribution in [2.24, 2.45) is 0 Å². The molecule has 3 nitrogen and oxygen atoms in total. The minimum atomic E-state index is -0.230. The van der Waals surface area contributed by atoms with Crippen LogP contribution in [0.2, 0.25) is 0 Å². The van der Waals surface area contributed by atoms with Crippen molar-refractivity contribution in [3.63, 3.8) is 0 Å². The largest absolute Gasteiger partial charge is 0.259 e. The summed E-state index contributed by atoms with van der Waals surface area (Å²) in [7, 11) is 0. The minimum Gasteiger partial charge on any atom is -0.259 e. The number of nitro groups is 1. The molecule has 16 heavy (non-hydrogen) atoms.